The molecule has 0 saturated heterocycles. The maximum atomic E-state index is 12.3. The first kappa shape index (κ1) is 13.8. The molecule has 0 radical (unpaired) electrons. The predicted octanol–water partition coefficient (Wildman–Crippen LogP) is 2.26. The molecule has 0 fully saturated rings. The van der Waals surface area contributed by atoms with E-state index < -0.39 is 17.8 Å². The minimum Gasteiger partial charge on any atom is -0.353 e. The summed E-state index contributed by atoms with van der Waals surface area (Å²) in [6, 6.07) is 8.14. The summed E-state index contributed by atoms with van der Waals surface area (Å²) in [5.74, 6) is -1.96. The van der Waals surface area contributed by atoms with Crippen LogP contribution in [-0.4, -0.2) is 27.8 Å². The van der Waals surface area contributed by atoms with Gasteiger partial charge in [-0.15, -0.1) is 0 Å². The van der Waals surface area contributed by atoms with E-state index in [0.717, 1.165) is 36.9 Å². The van der Waals surface area contributed by atoms with Crippen LogP contribution in [0.5, 0.6) is 0 Å². The number of nitrogens with zero attached hydrogens (tertiary/aromatic N) is 1. The van der Waals surface area contributed by atoms with Gasteiger partial charge in [0.1, 0.15) is 5.69 Å². The lowest BCUT2D eigenvalue weighted by atomic mass is 9.98. The monoisotopic (exact) mass is 310 g/mol. The van der Waals surface area contributed by atoms with Crippen molar-refractivity contribution in [3.8, 4) is 0 Å². The maximum absolute atomic E-state index is 12.3. The summed E-state index contributed by atoms with van der Waals surface area (Å²) in [6.07, 6.45) is 4.00. The highest BCUT2D eigenvalue weighted by molar-refractivity contribution is 6.21. The molecule has 6 heteroatoms. The van der Waals surface area contributed by atoms with Gasteiger partial charge in [-0.1, -0.05) is 17.2 Å². The lowest BCUT2D eigenvalue weighted by molar-refractivity contribution is -0.0588. The molecule has 1 aromatic heterocycles. The Bertz CT molecular complexity index is 778. The van der Waals surface area contributed by atoms with E-state index in [0.29, 0.717) is 5.06 Å². The van der Waals surface area contributed by atoms with Crippen LogP contribution in [0, 0.1) is 0 Å². The van der Waals surface area contributed by atoms with Crippen molar-refractivity contribution in [1.29, 1.82) is 0 Å². The highest BCUT2D eigenvalue weighted by Crippen LogP contribution is 2.25. The van der Waals surface area contributed by atoms with Crippen LogP contribution in [0.4, 0.5) is 0 Å². The number of aromatic nitrogens is 1. The molecule has 0 unspecified atom stereocenters. The van der Waals surface area contributed by atoms with Gasteiger partial charge in [-0.05, 0) is 49.4 Å². The van der Waals surface area contributed by atoms with Crippen molar-refractivity contribution in [2.45, 2.75) is 25.7 Å². The van der Waals surface area contributed by atoms with Gasteiger partial charge in [-0.2, -0.15) is 0 Å². The number of hydrogen-bond acceptors (Lipinski definition) is 4. The van der Waals surface area contributed by atoms with Gasteiger partial charge in [-0.3, -0.25) is 9.59 Å². The number of carbonyl (C=O) groups is 3. The standard InChI is InChI=1S/C17H14N2O4/c20-15-11-6-2-3-7-12(11)16(21)19(15)23-17(22)14-9-10-5-1-4-8-13(10)18-14/h2-3,6-7,9,18H,1,4-5,8H2. The SMILES string of the molecule is O=C(ON1C(=O)c2ccccc2C1=O)c1cc2c([nH]1)CCCC2. The Morgan fingerprint density at radius 1 is 1.04 bits per heavy atom. The van der Waals surface area contributed by atoms with E-state index in [1.807, 2.05) is 0 Å². The summed E-state index contributed by atoms with van der Waals surface area (Å²) in [4.78, 5) is 44.7. The molecular formula is C17H14N2O4. The van der Waals surface area contributed by atoms with Gasteiger partial charge >= 0.3 is 5.97 Å². The van der Waals surface area contributed by atoms with E-state index >= 15 is 0 Å². The molecule has 116 valence electrons. The Morgan fingerprint density at radius 3 is 2.35 bits per heavy atom. The summed E-state index contributed by atoms with van der Waals surface area (Å²) < 4.78 is 0. The van der Waals surface area contributed by atoms with Crippen molar-refractivity contribution >= 4 is 17.8 Å². The van der Waals surface area contributed by atoms with E-state index in [9.17, 15) is 14.4 Å². The number of aryl methyl sites for hydroxylation is 2. The molecule has 0 atom stereocenters. The lowest BCUT2D eigenvalue weighted by Crippen LogP contribution is -2.32. The molecule has 1 aliphatic carbocycles. The highest BCUT2D eigenvalue weighted by Gasteiger charge is 2.39. The van der Waals surface area contributed by atoms with E-state index in [-0.39, 0.29) is 16.8 Å². The van der Waals surface area contributed by atoms with Crippen LogP contribution in [-0.2, 0) is 17.7 Å². The third-order valence-corrected chi connectivity index (χ3v) is 4.27. The van der Waals surface area contributed by atoms with E-state index in [1.54, 1.807) is 18.2 Å². The number of nitrogens with one attached hydrogen (secondary N) is 1. The first-order valence-electron chi connectivity index (χ1n) is 7.56. The Hall–Kier alpha value is -2.89. The first-order chi connectivity index (χ1) is 11.1. The van der Waals surface area contributed by atoms with Crippen molar-refractivity contribution in [3.05, 3.63) is 58.4 Å². The van der Waals surface area contributed by atoms with Crippen LogP contribution in [0.25, 0.3) is 0 Å². The second kappa shape index (κ2) is 5.08. The molecule has 0 spiro atoms. The zero-order valence-corrected chi connectivity index (χ0v) is 12.3. The lowest BCUT2D eigenvalue weighted by Gasteiger charge is -2.11. The number of rotatable bonds is 2. The molecule has 4 rings (SSSR count). The summed E-state index contributed by atoms with van der Waals surface area (Å²) >= 11 is 0. The summed E-state index contributed by atoms with van der Waals surface area (Å²) in [5, 5.41) is 0.535. The summed E-state index contributed by atoms with van der Waals surface area (Å²) in [7, 11) is 0. The third-order valence-electron chi connectivity index (χ3n) is 4.27. The van der Waals surface area contributed by atoms with Gasteiger partial charge in [0.2, 0.25) is 0 Å². The number of amides is 2. The molecule has 1 N–H and O–H groups in total. The topological polar surface area (TPSA) is 79.5 Å². The molecule has 6 nitrogen and oxygen atoms in total. The highest BCUT2D eigenvalue weighted by atomic mass is 16.7. The fourth-order valence-electron chi connectivity index (χ4n) is 3.10. The summed E-state index contributed by atoms with van der Waals surface area (Å²) in [6.45, 7) is 0. The van der Waals surface area contributed by atoms with Crippen molar-refractivity contribution in [1.82, 2.24) is 10.0 Å². The smallest absolute Gasteiger partial charge is 0.353 e. The van der Waals surface area contributed by atoms with Crippen LogP contribution in [0.3, 0.4) is 0 Å². The van der Waals surface area contributed by atoms with Gasteiger partial charge in [0.05, 0.1) is 11.1 Å². The largest absolute Gasteiger partial charge is 0.379 e. The van der Waals surface area contributed by atoms with Crippen LogP contribution < -0.4 is 0 Å². The van der Waals surface area contributed by atoms with Crippen molar-refractivity contribution in [3.63, 3.8) is 0 Å². The minimum absolute atomic E-state index is 0.246. The predicted molar refractivity (Wildman–Crippen MR) is 79.8 cm³/mol. The average Bonchev–Trinajstić information content (AvgIpc) is 3.11. The zero-order valence-electron chi connectivity index (χ0n) is 12.3. The fraction of sp³-hybridized carbons (Fsp3) is 0.235. The molecule has 0 bridgehead atoms. The number of benzene rings is 1. The Morgan fingerprint density at radius 2 is 1.70 bits per heavy atom. The second-order valence-corrected chi connectivity index (χ2v) is 5.72. The van der Waals surface area contributed by atoms with Gasteiger partial charge < -0.3 is 9.82 Å². The van der Waals surface area contributed by atoms with E-state index in [1.165, 1.54) is 12.1 Å². The minimum atomic E-state index is -0.728. The van der Waals surface area contributed by atoms with Crippen LogP contribution in [0.2, 0.25) is 0 Å². The zero-order chi connectivity index (χ0) is 16.0. The number of fused-ring (bicyclic) bond motifs is 2. The third kappa shape index (κ3) is 2.14. The van der Waals surface area contributed by atoms with Crippen molar-refractivity contribution < 1.29 is 19.2 Å². The molecule has 0 saturated carbocycles. The number of carbonyl (C=O) groups excluding carboxylic acids is 3. The van der Waals surface area contributed by atoms with Crippen LogP contribution >= 0.6 is 0 Å². The number of imide groups is 1. The molecule has 2 heterocycles. The number of H-pyrrole nitrogens is 1. The van der Waals surface area contributed by atoms with Gasteiger partial charge in [0.15, 0.2) is 0 Å². The molecule has 23 heavy (non-hydrogen) atoms. The van der Waals surface area contributed by atoms with Crippen molar-refractivity contribution in [2.75, 3.05) is 0 Å². The molecular weight excluding hydrogens is 296 g/mol. The fourth-order valence-corrected chi connectivity index (χ4v) is 3.10. The Balaban J connectivity index is 1.57. The van der Waals surface area contributed by atoms with E-state index in [4.69, 9.17) is 4.84 Å². The number of hydroxylamine groups is 2. The first-order valence-corrected chi connectivity index (χ1v) is 7.56. The second-order valence-electron chi connectivity index (χ2n) is 5.72. The molecule has 1 aromatic carbocycles. The maximum Gasteiger partial charge on any atom is 0.379 e. The Labute approximate surface area is 132 Å². The van der Waals surface area contributed by atoms with Crippen LogP contribution in [0.15, 0.2) is 30.3 Å². The normalized spacial score (nSPS) is 16.3. The van der Waals surface area contributed by atoms with Gasteiger partial charge in [-0.25, -0.2) is 4.79 Å². The average molecular weight is 310 g/mol. The molecule has 1 aliphatic heterocycles. The molecule has 2 amide bonds. The van der Waals surface area contributed by atoms with Crippen LogP contribution in [0.1, 0.15) is 55.3 Å². The Kier molecular flexibility index (Phi) is 3.04. The molecule has 2 aliphatic rings. The summed E-state index contributed by atoms with van der Waals surface area (Å²) in [5.41, 5.74) is 2.90. The van der Waals surface area contributed by atoms with Gasteiger partial charge in [0.25, 0.3) is 11.8 Å². The number of hydrogen-bond donors (Lipinski definition) is 1. The quantitative estimate of drug-likeness (QED) is 0.863. The molecule has 2 aromatic rings. The van der Waals surface area contributed by atoms with Gasteiger partial charge in [0, 0.05) is 5.69 Å². The van der Waals surface area contributed by atoms with Crippen molar-refractivity contribution in [2.24, 2.45) is 0 Å². The van der Waals surface area contributed by atoms with E-state index in [2.05, 4.69) is 4.98 Å². The number of aromatic amines is 1.